The van der Waals surface area contributed by atoms with Crippen LogP contribution in [0.3, 0.4) is 0 Å². The van der Waals surface area contributed by atoms with Gasteiger partial charge in [-0.25, -0.2) is 0 Å². The molecule has 1 aliphatic heterocycles. The standard InChI is InChI=1S/C25H34BF3N4O5/c1-17(2)11-19(13-30)24(35)33-10-6-9-20(33)14-38-15-21(31-16-25(27,28)29)23(34)32-22(26(36)37)12-18-7-4-3-5-8-18/h3-5,7-8,11,17,20-22,31,36-37H,6,9-10,12,14-16H2,1-2H3,(H,32,34)/t20?,21?,22-/m0/s1. The van der Waals surface area contributed by atoms with E-state index >= 15 is 0 Å². The molecule has 0 saturated carbocycles. The van der Waals surface area contributed by atoms with Crippen LogP contribution in [-0.2, 0) is 20.7 Å². The highest BCUT2D eigenvalue weighted by molar-refractivity contribution is 6.43. The lowest BCUT2D eigenvalue weighted by Gasteiger charge is -2.26. The van der Waals surface area contributed by atoms with Crippen molar-refractivity contribution in [3.05, 3.63) is 47.5 Å². The second kappa shape index (κ2) is 14.9. The smallest absolute Gasteiger partial charge is 0.426 e. The molecule has 1 saturated heterocycles. The predicted octanol–water partition coefficient (Wildman–Crippen LogP) is 1.36. The quantitative estimate of drug-likeness (QED) is 0.169. The summed E-state index contributed by atoms with van der Waals surface area (Å²) in [4.78, 5) is 27.2. The number of amides is 2. The second-order valence-electron chi connectivity index (χ2n) is 9.54. The van der Waals surface area contributed by atoms with Gasteiger partial charge in [0.2, 0.25) is 5.91 Å². The molecule has 1 aliphatic rings. The number of hydrogen-bond acceptors (Lipinski definition) is 7. The van der Waals surface area contributed by atoms with E-state index < -0.39 is 56.3 Å². The molecule has 13 heteroatoms. The lowest BCUT2D eigenvalue weighted by molar-refractivity contribution is -0.135. The van der Waals surface area contributed by atoms with Crippen LogP contribution < -0.4 is 10.6 Å². The summed E-state index contributed by atoms with van der Waals surface area (Å²) in [5.41, 5.74) is 0.708. The zero-order valence-corrected chi connectivity index (χ0v) is 21.4. The molecule has 1 aromatic carbocycles. The van der Waals surface area contributed by atoms with Crippen LogP contribution in [0.2, 0.25) is 0 Å². The SMILES string of the molecule is CC(C)C=C(C#N)C(=O)N1CCCC1COCC(NCC(F)(F)F)C(=O)N[C@@H](Cc1ccccc1)B(O)O. The largest absolute Gasteiger partial charge is 0.475 e. The van der Waals surface area contributed by atoms with Gasteiger partial charge in [0.25, 0.3) is 5.91 Å². The van der Waals surface area contributed by atoms with Crippen molar-refractivity contribution in [2.75, 3.05) is 26.3 Å². The van der Waals surface area contributed by atoms with E-state index in [-0.39, 0.29) is 24.5 Å². The zero-order chi connectivity index (χ0) is 28.3. The minimum absolute atomic E-state index is 0.00645. The molecule has 0 aromatic heterocycles. The van der Waals surface area contributed by atoms with E-state index in [9.17, 15) is 38.1 Å². The number of halogens is 3. The number of carbonyl (C=O) groups is 2. The van der Waals surface area contributed by atoms with Crippen molar-refractivity contribution < 1.29 is 37.5 Å². The minimum Gasteiger partial charge on any atom is -0.426 e. The number of ether oxygens (including phenoxy) is 1. The Bertz CT molecular complexity index is 985. The van der Waals surface area contributed by atoms with E-state index in [1.807, 2.05) is 19.9 Å². The number of rotatable bonds is 13. The van der Waals surface area contributed by atoms with Crippen LogP contribution in [0.25, 0.3) is 0 Å². The Morgan fingerprint density at radius 2 is 1.97 bits per heavy atom. The van der Waals surface area contributed by atoms with Crippen LogP contribution in [0.4, 0.5) is 13.2 Å². The molecule has 2 unspecified atom stereocenters. The van der Waals surface area contributed by atoms with E-state index in [1.165, 1.54) is 4.90 Å². The van der Waals surface area contributed by atoms with Crippen LogP contribution in [0.5, 0.6) is 0 Å². The van der Waals surface area contributed by atoms with Crippen LogP contribution in [0, 0.1) is 17.2 Å². The monoisotopic (exact) mass is 538 g/mol. The lowest BCUT2D eigenvalue weighted by atomic mass is 9.76. The van der Waals surface area contributed by atoms with Gasteiger partial charge < -0.3 is 25.0 Å². The Balaban J connectivity index is 2.04. The van der Waals surface area contributed by atoms with Crippen molar-refractivity contribution in [3.8, 4) is 6.07 Å². The summed E-state index contributed by atoms with van der Waals surface area (Å²) in [6.07, 6.45) is -1.73. The average molecular weight is 538 g/mol. The third-order valence-corrected chi connectivity index (χ3v) is 5.93. The summed E-state index contributed by atoms with van der Waals surface area (Å²) in [6, 6.07) is 8.72. The maximum atomic E-state index is 12.9. The van der Waals surface area contributed by atoms with Gasteiger partial charge in [-0.1, -0.05) is 50.3 Å². The fraction of sp³-hybridized carbons (Fsp3) is 0.560. The molecule has 0 radical (unpaired) electrons. The minimum atomic E-state index is -4.59. The van der Waals surface area contributed by atoms with Crippen molar-refractivity contribution in [1.29, 1.82) is 5.26 Å². The van der Waals surface area contributed by atoms with Gasteiger partial charge >= 0.3 is 13.3 Å². The van der Waals surface area contributed by atoms with E-state index in [1.54, 1.807) is 36.4 Å². The third kappa shape index (κ3) is 10.5. The number of alkyl halides is 3. The van der Waals surface area contributed by atoms with E-state index in [4.69, 9.17) is 4.74 Å². The number of benzene rings is 1. The summed E-state index contributed by atoms with van der Waals surface area (Å²) >= 11 is 0. The fourth-order valence-corrected chi connectivity index (χ4v) is 4.09. The van der Waals surface area contributed by atoms with Gasteiger partial charge in [-0.3, -0.25) is 14.9 Å². The maximum absolute atomic E-state index is 12.9. The summed E-state index contributed by atoms with van der Waals surface area (Å²) < 4.78 is 44.2. The number of nitrogens with one attached hydrogen (secondary N) is 2. The second-order valence-corrected chi connectivity index (χ2v) is 9.54. The zero-order valence-electron chi connectivity index (χ0n) is 21.4. The summed E-state index contributed by atoms with van der Waals surface area (Å²) in [7, 11) is -1.95. The van der Waals surface area contributed by atoms with Crippen molar-refractivity contribution in [2.24, 2.45) is 5.92 Å². The summed E-state index contributed by atoms with van der Waals surface area (Å²) in [5, 5.41) is 33.3. The first-order valence-electron chi connectivity index (χ1n) is 12.4. The van der Waals surface area contributed by atoms with Gasteiger partial charge in [0.15, 0.2) is 0 Å². The summed E-state index contributed by atoms with van der Waals surface area (Å²) in [5.74, 6) is -2.50. The molecule has 1 heterocycles. The van der Waals surface area contributed by atoms with Crippen molar-refractivity contribution in [1.82, 2.24) is 15.5 Å². The Kier molecular flexibility index (Phi) is 12.3. The molecule has 2 amide bonds. The molecule has 1 fully saturated rings. The van der Waals surface area contributed by atoms with E-state index in [2.05, 4.69) is 10.6 Å². The molecule has 38 heavy (non-hydrogen) atoms. The Labute approximate surface area is 220 Å². The average Bonchev–Trinajstić information content (AvgIpc) is 3.32. The Morgan fingerprint density at radius 3 is 2.55 bits per heavy atom. The highest BCUT2D eigenvalue weighted by atomic mass is 19.4. The molecular weight excluding hydrogens is 504 g/mol. The van der Waals surface area contributed by atoms with Gasteiger partial charge in [0.05, 0.1) is 31.7 Å². The highest BCUT2D eigenvalue weighted by Crippen LogP contribution is 2.21. The van der Waals surface area contributed by atoms with E-state index in [0.29, 0.717) is 24.9 Å². The van der Waals surface area contributed by atoms with Crippen LogP contribution in [0.15, 0.2) is 42.0 Å². The number of allylic oxidation sites excluding steroid dienone is 1. The molecule has 9 nitrogen and oxygen atoms in total. The lowest BCUT2D eigenvalue weighted by Crippen LogP contribution is -2.56. The van der Waals surface area contributed by atoms with Gasteiger partial charge in [0.1, 0.15) is 17.7 Å². The fourth-order valence-electron chi connectivity index (χ4n) is 4.09. The first-order valence-corrected chi connectivity index (χ1v) is 12.4. The molecular formula is C25H34BF3N4O5. The topological polar surface area (TPSA) is 135 Å². The van der Waals surface area contributed by atoms with Crippen LogP contribution in [-0.4, -0.2) is 84.4 Å². The molecule has 0 aliphatic carbocycles. The number of carbonyl (C=O) groups excluding carboxylic acids is 2. The predicted molar refractivity (Wildman–Crippen MR) is 134 cm³/mol. The number of nitrogens with zero attached hydrogens (tertiary/aromatic N) is 2. The molecule has 0 spiro atoms. The van der Waals surface area contributed by atoms with Crippen molar-refractivity contribution in [2.45, 2.75) is 57.3 Å². The van der Waals surface area contributed by atoms with Gasteiger partial charge in [0, 0.05) is 6.54 Å². The van der Waals surface area contributed by atoms with Gasteiger partial charge in [-0.05, 0) is 30.7 Å². The van der Waals surface area contributed by atoms with Crippen LogP contribution >= 0.6 is 0 Å². The summed E-state index contributed by atoms with van der Waals surface area (Å²) in [6.45, 7) is 2.14. The van der Waals surface area contributed by atoms with E-state index in [0.717, 1.165) is 0 Å². The van der Waals surface area contributed by atoms with Crippen LogP contribution in [0.1, 0.15) is 32.3 Å². The van der Waals surface area contributed by atoms with Gasteiger partial charge in [-0.2, -0.15) is 18.4 Å². The molecule has 3 atom stereocenters. The maximum Gasteiger partial charge on any atom is 0.475 e. The number of likely N-dealkylation sites (tertiary alicyclic amines) is 1. The molecule has 0 bridgehead atoms. The van der Waals surface area contributed by atoms with Crippen molar-refractivity contribution in [3.63, 3.8) is 0 Å². The van der Waals surface area contributed by atoms with Crippen molar-refractivity contribution >= 4 is 18.9 Å². The number of hydrogen-bond donors (Lipinski definition) is 4. The van der Waals surface area contributed by atoms with Gasteiger partial charge in [-0.15, -0.1) is 0 Å². The highest BCUT2D eigenvalue weighted by Gasteiger charge is 2.34. The Morgan fingerprint density at radius 1 is 1.29 bits per heavy atom. The Hall–Kier alpha value is -2.92. The molecule has 4 N–H and O–H groups in total. The molecule has 1 aromatic rings. The number of nitriles is 1. The molecule has 208 valence electrons. The normalized spacial score (nSPS) is 17.7. The first-order chi connectivity index (χ1) is 17.9. The first kappa shape index (κ1) is 31.3. The molecule has 2 rings (SSSR count). The third-order valence-electron chi connectivity index (χ3n) is 5.93.